The van der Waals surface area contributed by atoms with Gasteiger partial charge in [-0.1, -0.05) is 91.9 Å². The minimum atomic E-state index is -5.24. The molecule has 156 valence electrons. The second kappa shape index (κ2) is 15.8. The molecule has 0 unspecified atom stereocenters. The molecule has 0 bridgehead atoms. The number of rotatable bonds is 8. The average molecular weight is 381 g/mol. The van der Waals surface area contributed by atoms with Gasteiger partial charge in [0, 0.05) is 0 Å². The van der Waals surface area contributed by atoms with Gasteiger partial charge < -0.3 is 0 Å². The van der Waals surface area contributed by atoms with Gasteiger partial charge in [-0.05, 0) is 13.8 Å². The van der Waals surface area contributed by atoms with Crippen molar-refractivity contribution in [2.75, 3.05) is 0 Å². The second-order valence-corrected chi connectivity index (χ2v) is 6.74. The number of halogens is 6. The first-order chi connectivity index (χ1) is 11.3. The molecule has 0 saturated heterocycles. The summed E-state index contributed by atoms with van der Waals surface area (Å²) in [4.78, 5) is 0. The molecule has 0 amide bonds. The molecule has 0 nitrogen and oxygen atoms in total. The third-order valence-electron chi connectivity index (χ3n) is 3.83. The molecule has 25 heavy (non-hydrogen) atoms. The Bertz CT molecular complexity index is 240. The number of unbranched alkanes of at least 4 members (excludes halogenated alkanes) is 8. The van der Waals surface area contributed by atoms with Crippen molar-refractivity contribution in [1.82, 2.24) is 0 Å². The van der Waals surface area contributed by atoms with E-state index in [2.05, 4.69) is 27.7 Å². The van der Waals surface area contributed by atoms with Crippen LogP contribution in [-0.2, 0) is 0 Å². The fourth-order valence-corrected chi connectivity index (χ4v) is 1.51. The highest BCUT2D eigenvalue weighted by Crippen LogP contribution is 2.49. The zero-order valence-corrected chi connectivity index (χ0v) is 16.8. The Morgan fingerprint density at radius 2 is 0.640 bits per heavy atom. The van der Waals surface area contributed by atoms with Crippen molar-refractivity contribution in [2.45, 2.75) is 118 Å². The average Bonchev–Trinajstić information content (AvgIpc) is 2.49. The number of hydrogen-bond acceptors (Lipinski definition) is 0. The maximum atomic E-state index is 11.6. The first-order valence-corrected chi connectivity index (χ1v) is 9.46. The normalized spacial score (nSPS) is 12.0. The smallest absolute Gasteiger partial charge is 0.170 e. The molecule has 0 heterocycles. The quantitative estimate of drug-likeness (QED) is 0.291. The van der Waals surface area contributed by atoms with Gasteiger partial charge in [-0.15, -0.1) is 0 Å². The monoisotopic (exact) mass is 380 g/mol. The van der Waals surface area contributed by atoms with Crippen molar-refractivity contribution in [2.24, 2.45) is 5.41 Å². The molecular formula is C19H38F6. The maximum Gasteiger partial charge on any atom is 0.402 e. The van der Waals surface area contributed by atoms with Crippen molar-refractivity contribution >= 4 is 0 Å². The van der Waals surface area contributed by atoms with Crippen molar-refractivity contribution in [3.63, 3.8) is 0 Å². The molecule has 0 saturated carbocycles. The molecular weight excluding hydrogens is 342 g/mol. The highest BCUT2D eigenvalue weighted by molar-refractivity contribution is 4.84. The molecule has 0 fully saturated rings. The molecule has 0 N–H and O–H groups in total. The molecule has 0 aliphatic heterocycles. The number of alkyl halides is 6. The van der Waals surface area contributed by atoms with E-state index in [1.807, 2.05) is 0 Å². The van der Waals surface area contributed by atoms with Gasteiger partial charge in [0.25, 0.3) is 0 Å². The standard InChI is InChI=1S/C8H18.C6H14.C5H6F6/c1-3-5-7-8-6-4-2;1-3-5-6-4-2;1-3(2,4(6,7)8)5(9,10)11/h3-8H2,1-2H3;3-6H2,1-2H3;1-2H3. The summed E-state index contributed by atoms with van der Waals surface area (Å²) in [6, 6.07) is 0. The Labute approximate surface area is 150 Å². The molecule has 0 aliphatic carbocycles. The van der Waals surface area contributed by atoms with Crippen LogP contribution in [0.1, 0.15) is 106 Å². The second-order valence-electron chi connectivity index (χ2n) is 6.74. The van der Waals surface area contributed by atoms with E-state index in [0.29, 0.717) is 0 Å². The highest BCUT2D eigenvalue weighted by Gasteiger charge is 2.64. The van der Waals surface area contributed by atoms with Gasteiger partial charge in [-0.2, -0.15) is 26.3 Å². The summed E-state index contributed by atoms with van der Waals surface area (Å²) < 4.78 is 69.7. The third kappa shape index (κ3) is 16.8. The van der Waals surface area contributed by atoms with E-state index in [1.165, 1.54) is 64.2 Å². The predicted molar refractivity (Wildman–Crippen MR) is 94.8 cm³/mol. The summed E-state index contributed by atoms with van der Waals surface area (Å²) in [7, 11) is 0. The van der Waals surface area contributed by atoms with Crippen LogP contribution in [0.25, 0.3) is 0 Å². The zero-order chi connectivity index (χ0) is 20.6. The van der Waals surface area contributed by atoms with Crippen LogP contribution in [0, 0.1) is 5.41 Å². The van der Waals surface area contributed by atoms with Crippen molar-refractivity contribution < 1.29 is 26.3 Å². The van der Waals surface area contributed by atoms with E-state index >= 15 is 0 Å². The van der Waals surface area contributed by atoms with Crippen LogP contribution in [0.3, 0.4) is 0 Å². The lowest BCUT2D eigenvalue weighted by Crippen LogP contribution is -2.44. The van der Waals surface area contributed by atoms with Crippen molar-refractivity contribution in [3.05, 3.63) is 0 Å². The van der Waals surface area contributed by atoms with Crippen molar-refractivity contribution in [3.8, 4) is 0 Å². The molecule has 0 aromatic heterocycles. The SMILES string of the molecule is CC(C)(C(F)(F)F)C(F)(F)F.CCCCCC.CCCCCCCC. The molecule has 6 heteroatoms. The summed E-state index contributed by atoms with van der Waals surface area (Å²) >= 11 is 0. The molecule has 0 aliphatic rings. The van der Waals surface area contributed by atoms with Gasteiger partial charge in [-0.3, -0.25) is 0 Å². The van der Waals surface area contributed by atoms with E-state index < -0.39 is 17.8 Å². The lowest BCUT2D eigenvalue weighted by Gasteiger charge is -2.29. The van der Waals surface area contributed by atoms with Gasteiger partial charge in [0.1, 0.15) is 0 Å². The summed E-state index contributed by atoms with van der Waals surface area (Å²) in [6.45, 7) is 9.18. The predicted octanol–water partition coefficient (Wildman–Crippen LogP) is 9.09. The van der Waals surface area contributed by atoms with Crippen molar-refractivity contribution in [1.29, 1.82) is 0 Å². The Morgan fingerprint density at radius 1 is 0.440 bits per heavy atom. The largest absolute Gasteiger partial charge is 0.402 e. The summed E-state index contributed by atoms with van der Waals surface area (Å²) in [5, 5.41) is 0. The molecule has 0 atom stereocenters. The zero-order valence-electron chi connectivity index (χ0n) is 16.8. The molecule has 0 spiro atoms. The first kappa shape index (κ1) is 29.3. The summed E-state index contributed by atoms with van der Waals surface area (Å²) in [5.74, 6) is 0. The van der Waals surface area contributed by atoms with Crippen LogP contribution < -0.4 is 0 Å². The lowest BCUT2D eigenvalue weighted by atomic mass is 9.92. The van der Waals surface area contributed by atoms with Gasteiger partial charge in [-0.25, -0.2) is 0 Å². The lowest BCUT2D eigenvalue weighted by molar-refractivity contribution is -0.327. The van der Waals surface area contributed by atoms with Crippen LogP contribution in [-0.4, -0.2) is 12.4 Å². The van der Waals surface area contributed by atoms with E-state index in [9.17, 15) is 26.3 Å². The van der Waals surface area contributed by atoms with Crippen LogP contribution >= 0.6 is 0 Å². The Balaban J connectivity index is -0.000000306. The minimum Gasteiger partial charge on any atom is -0.170 e. The van der Waals surface area contributed by atoms with Gasteiger partial charge >= 0.3 is 12.4 Å². The Morgan fingerprint density at radius 3 is 0.760 bits per heavy atom. The van der Waals surface area contributed by atoms with E-state index in [-0.39, 0.29) is 13.8 Å². The van der Waals surface area contributed by atoms with E-state index in [4.69, 9.17) is 0 Å². The molecule has 0 aromatic rings. The summed E-state index contributed by atoms with van der Waals surface area (Å²) in [6.07, 6.45) is 3.54. The van der Waals surface area contributed by atoms with Crippen LogP contribution in [0.15, 0.2) is 0 Å². The highest BCUT2D eigenvalue weighted by atomic mass is 19.4. The topological polar surface area (TPSA) is 0 Å². The van der Waals surface area contributed by atoms with Gasteiger partial charge in [0.2, 0.25) is 0 Å². The first-order valence-electron chi connectivity index (χ1n) is 9.46. The van der Waals surface area contributed by atoms with Gasteiger partial charge in [0.05, 0.1) is 0 Å². The van der Waals surface area contributed by atoms with E-state index in [0.717, 1.165) is 0 Å². The Kier molecular flexibility index (Phi) is 18.6. The molecule has 0 aromatic carbocycles. The fourth-order valence-electron chi connectivity index (χ4n) is 1.51. The minimum absolute atomic E-state index is 0.104. The van der Waals surface area contributed by atoms with E-state index in [1.54, 1.807) is 0 Å². The third-order valence-corrected chi connectivity index (χ3v) is 3.83. The van der Waals surface area contributed by atoms with Crippen LogP contribution in [0.4, 0.5) is 26.3 Å². The molecule has 0 rings (SSSR count). The Hall–Kier alpha value is -0.420. The van der Waals surface area contributed by atoms with Crippen LogP contribution in [0.5, 0.6) is 0 Å². The number of hydrogen-bond donors (Lipinski definition) is 0. The van der Waals surface area contributed by atoms with Crippen LogP contribution in [0.2, 0.25) is 0 Å². The van der Waals surface area contributed by atoms with Gasteiger partial charge in [0.15, 0.2) is 5.41 Å². The molecule has 0 radical (unpaired) electrons. The summed E-state index contributed by atoms with van der Waals surface area (Å²) in [5.41, 5.74) is -3.62. The fraction of sp³-hybridized carbons (Fsp3) is 1.00. The maximum absolute atomic E-state index is 11.6.